The van der Waals surface area contributed by atoms with Crippen molar-refractivity contribution in [2.75, 3.05) is 18.0 Å². The number of hydrogen-bond acceptors (Lipinski definition) is 4. The van der Waals surface area contributed by atoms with E-state index in [0.29, 0.717) is 12.2 Å². The normalized spacial score (nSPS) is 10.8. The van der Waals surface area contributed by atoms with Gasteiger partial charge >= 0.3 is 0 Å². The summed E-state index contributed by atoms with van der Waals surface area (Å²) in [6.07, 6.45) is 0. The van der Waals surface area contributed by atoms with Gasteiger partial charge in [0, 0.05) is 31.3 Å². The lowest BCUT2D eigenvalue weighted by Crippen LogP contribution is -2.30. The molecule has 1 aromatic heterocycles. The molecule has 2 N–H and O–H groups in total. The molecule has 2 rings (SSSR count). The molecule has 0 bridgehead atoms. The lowest BCUT2D eigenvalue weighted by molar-refractivity contribution is 0.581. The first-order valence-corrected chi connectivity index (χ1v) is 7.33. The molecular formula is C13H11Cl3F2N4. The molecule has 0 unspecified atom stereocenters. The van der Waals surface area contributed by atoms with Crippen molar-refractivity contribution in [2.45, 2.75) is 6.54 Å². The molecule has 1 aromatic carbocycles. The average molecular weight is 368 g/mol. The predicted molar refractivity (Wildman–Crippen MR) is 83.5 cm³/mol. The van der Waals surface area contributed by atoms with Crippen molar-refractivity contribution in [3.63, 3.8) is 0 Å². The van der Waals surface area contributed by atoms with Crippen LogP contribution in [0.5, 0.6) is 0 Å². The second kappa shape index (κ2) is 7.37. The largest absolute Gasteiger partial charge is 0.363 e. The van der Waals surface area contributed by atoms with Crippen LogP contribution in [0.2, 0.25) is 15.3 Å². The van der Waals surface area contributed by atoms with Crippen LogP contribution in [-0.2, 0) is 6.54 Å². The minimum Gasteiger partial charge on any atom is -0.363 e. The van der Waals surface area contributed by atoms with Gasteiger partial charge in [-0.15, -0.1) is 10.2 Å². The summed E-state index contributed by atoms with van der Waals surface area (Å²) in [6, 6.07) is 3.44. The molecular weight excluding hydrogens is 357 g/mol. The minimum absolute atomic E-state index is 0.000817. The van der Waals surface area contributed by atoms with Crippen molar-refractivity contribution < 1.29 is 8.78 Å². The van der Waals surface area contributed by atoms with Crippen LogP contribution in [0.25, 0.3) is 0 Å². The van der Waals surface area contributed by atoms with Crippen molar-refractivity contribution in [2.24, 2.45) is 5.73 Å². The van der Waals surface area contributed by atoms with Crippen molar-refractivity contribution in [3.05, 3.63) is 50.7 Å². The van der Waals surface area contributed by atoms with Crippen LogP contribution in [0.15, 0.2) is 18.2 Å². The van der Waals surface area contributed by atoms with Crippen LogP contribution >= 0.6 is 34.8 Å². The molecule has 4 nitrogen and oxygen atoms in total. The molecule has 0 saturated heterocycles. The molecule has 1 heterocycles. The Morgan fingerprint density at radius 1 is 1.09 bits per heavy atom. The quantitative estimate of drug-likeness (QED) is 0.819. The Hall–Kier alpha value is -1.21. The minimum atomic E-state index is -0.706. The molecule has 0 aliphatic carbocycles. The van der Waals surface area contributed by atoms with Crippen molar-refractivity contribution in [3.8, 4) is 0 Å². The van der Waals surface area contributed by atoms with Crippen molar-refractivity contribution >= 4 is 40.5 Å². The van der Waals surface area contributed by atoms with Crippen LogP contribution in [0, 0.1) is 11.6 Å². The lowest BCUT2D eigenvalue weighted by atomic mass is 10.1. The molecule has 0 fully saturated rings. The van der Waals surface area contributed by atoms with E-state index in [-0.39, 0.29) is 34.0 Å². The molecule has 0 aliphatic rings. The summed E-state index contributed by atoms with van der Waals surface area (Å²) in [5.74, 6) is -1.33. The van der Waals surface area contributed by atoms with Gasteiger partial charge in [-0.3, -0.25) is 0 Å². The Kier molecular flexibility index (Phi) is 5.74. The van der Waals surface area contributed by atoms with Crippen LogP contribution in [0.4, 0.5) is 14.5 Å². The molecule has 118 valence electrons. The highest BCUT2D eigenvalue weighted by molar-refractivity contribution is 6.33. The van der Waals surface area contributed by atoms with Gasteiger partial charge in [0.25, 0.3) is 0 Å². The third-order valence-electron chi connectivity index (χ3n) is 2.93. The van der Waals surface area contributed by atoms with Gasteiger partial charge in [-0.1, -0.05) is 34.8 Å². The van der Waals surface area contributed by atoms with E-state index in [4.69, 9.17) is 40.5 Å². The molecule has 0 amide bonds. The summed E-state index contributed by atoms with van der Waals surface area (Å²) in [5, 5.41) is 7.20. The van der Waals surface area contributed by atoms with Crippen molar-refractivity contribution in [1.29, 1.82) is 0 Å². The van der Waals surface area contributed by atoms with Gasteiger partial charge in [-0.2, -0.15) is 0 Å². The van der Waals surface area contributed by atoms with E-state index in [1.165, 1.54) is 6.07 Å². The van der Waals surface area contributed by atoms with Gasteiger partial charge in [0.2, 0.25) is 0 Å². The molecule has 2 aromatic rings. The SMILES string of the molecule is NCCN(Cc1c(F)ccc(F)c1Cl)c1cc(Cl)nnc1Cl. The van der Waals surface area contributed by atoms with Gasteiger partial charge in [0.05, 0.1) is 10.7 Å². The third kappa shape index (κ3) is 3.76. The van der Waals surface area contributed by atoms with E-state index in [2.05, 4.69) is 10.2 Å². The number of aromatic nitrogens is 2. The number of halogens is 5. The summed E-state index contributed by atoms with van der Waals surface area (Å²) < 4.78 is 27.5. The highest BCUT2D eigenvalue weighted by Gasteiger charge is 2.18. The molecule has 0 atom stereocenters. The van der Waals surface area contributed by atoms with Gasteiger partial charge < -0.3 is 10.6 Å². The first-order valence-electron chi connectivity index (χ1n) is 6.20. The van der Waals surface area contributed by atoms with E-state index >= 15 is 0 Å². The van der Waals surface area contributed by atoms with E-state index in [1.807, 2.05) is 0 Å². The summed E-state index contributed by atoms with van der Waals surface area (Å²) in [5.41, 5.74) is 5.97. The fraction of sp³-hybridized carbons (Fsp3) is 0.231. The molecule has 0 spiro atoms. The summed E-state index contributed by atoms with van der Waals surface area (Å²) >= 11 is 17.6. The second-order valence-electron chi connectivity index (χ2n) is 4.38. The number of anilines is 1. The maximum atomic E-state index is 13.9. The van der Waals surface area contributed by atoms with Crippen LogP contribution in [0.1, 0.15) is 5.56 Å². The smallest absolute Gasteiger partial charge is 0.175 e. The first-order chi connectivity index (χ1) is 10.4. The van der Waals surface area contributed by atoms with Crippen LogP contribution in [0.3, 0.4) is 0 Å². The Morgan fingerprint density at radius 3 is 2.45 bits per heavy atom. The van der Waals surface area contributed by atoms with Crippen LogP contribution in [-0.4, -0.2) is 23.3 Å². The molecule has 9 heteroatoms. The molecule has 0 radical (unpaired) electrons. The topological polar surface area (TPSA) is 55.0 Å². The fourth-order valence-corrected chi connectivity index (χ4v) is 2.48. The number of hydrogen-bond donors (Lipinski definition) is 1. The van der Waals surface area contributed by atoms with Crippen molar-refractivity contribution in [1.82, 2.24) is 10.2 Å². The zero-order chi connectivity index (χ0) is 16.3. The zero-order valence-electron chi connectivity index (χ0n) is 11.2. The van der Waals surface area contributed by atoms with E-state index in [1.54, 1.807) is 4.90 Å². The number of nitrogens with two attached hydrogens (primary N) is 1. The summed E-state index contributed by atoms with van der Waals surface area (Å²) in [6.45, 7) is 0.528. The maximum Gasteiger partial charge on any atom is 0.175 e. The van der Waals surface area contributed by atoms with E-state index in [0.717, 1.165) is 12.1 Å². The highest BCUT2D eigenvalue weighted by Crippen LogP contribution is 2.30. The Labute approximate surface area is 140 Å². The number of benzene rings is 1. The summed E-state index contributed by atoms with van der Waals surface area (Å²) in [4.78, 5) is 1.60. The highest BCUT2D eigenvalue weighted by atomic mass is 35.5. The van der Waals surface area contributed by atoms with Gasteiger partial charge in [-0.25, -0.2) is 8.78 Å². The standard InChI is InChI=1S/C13H11Cl3F2N4/c14-11-5-10(13(16)21-20-11)22(4-3-19)6-7-8(17)1-2-9(18)12(7)15/h1-2,5H,3-4,6,19H2. The molecule has 0 saturated carbocycles. The summed E-state index contributed by atoms with van der Waals surface area (Å²) in [7, 11) is 0. The fourth-order valence-electron chi connectivity index (χ4n) is 1.91. The monoisotopic (exact) mass is 366 g/mol. The number of nitrogens with zero attached hydrogens (tertiary/aromatic N) is 3. The molecule has 22 heavy (non-hydrogen) atoms. The Morgan fingerprint density at radius 2 is 1.77 bits per heavy atom. The van der Waals surface area contributed by atoms with E-state index in [9.17, 15) is 8.78 Å². The van der Waals surface area contributed by atoms with Gasteiger partial charge in [-0.05, 0) is 12.1 Å². The maximum absolute atomic E-state index is 13.9. The first kappa shape index (κ1) is 17.1. The van der Waals surface area contributed by atoms with Gasteiger partial charge in [0.1, 0.15) is 11.6 Å². The van der Waals surface area contributed by atoms with Gasteiger partial charge in [0.15, 0.2) is 10.3 Å². The molecule has 0 aliphatic heterocycles. The average Bonchev–Trinajstić information content (AvgIpc) is 2.49. The lowest BCUT2D eigenvalue weighted by Gasteiger charge is -2.25. The third-order valence-corrected chi connectivity index (χ3v) is 3.79. The predicted octanol–water partition coefficient (Wildman–Crippen LogP) is 3.68. The number of rotatable bonds is 5. The Bertz CT molecular complexity index is 685. The van der Waals surface area contributed by atoms with Crippen LogP contribution < -0.4 is 10.6 Å². The second-order valence-corrected chi connectivity index (χ2v) is 5.50. The van der Waals surface area contributed by atoms with E-state index < -0.39 is 11.6 Å². The Balaban J connectivity index is 2.42. The zero-order valence-corrected chi connectivity index (χ0v) is 13.4.